The molecule has 15 heavy (non-hydrogen) atoms. The maximum Gasteiger partial charge on any atom is 0.134 e. The molecular weight excluding hydrogens is 217 g/mol. The molecule has 0 bridgehead atoms. The van der Waals surface area contributed by atoms with Crippen molar-refractivity contribution in [1.82, 2.24) is 5.32 Å². The summed E-state index contributed by atoms with van der Waals surface area (Å²) in [6.07, 6.45) is 0.894. The van der Waals surface area contributed by atoms with Crippen LogP contribution in [0.5, 0.6) is 0 Å². The fraction of sp³-hybridized carbons (Fsp3) is 0.273. The Hall–Kier alpha value is -1.06. The Morgan fingerprint density at radius 2 is 2.20 bits per heavy atom. The third-order valence-electron chi connectivity index (χ3n) is 2.67. The molecule has 2 aromatic rings. The molecule has 80 valence electrons. The molecule has 1 N–H and O–H groups in total. The summed E-state index contributed by atoms with van der Waals surface area (Å²) in [5.41, 5.74) is 1.91. The van der Waals surface area contributed by atoms with Crippen LogP contribution in [-0.2, 0) is 13.0 Å². The van der Waals surface area contributed by atoms with Gasteiger partial charge in [0.05, 0.1) is 0 Å². The minimum atomic E-state index is -0.202. The van der Waals surface area contributed by atoms with Crippen molar-refractivity contribution in [2.45, 2.75) is 13.0 Å². The van der Waals surface area contributed by atoms with Crippen molar-refractivity contribution in [2.75, 3.05) is 6.54 Å². The fourth-order valence-electron chi connectivity index (χ4n) is 1.98. The molecule has 4 heteroatoms. The first kappa shape index (κ1) is 10.5. The average Bonchev–Trinajstić information content (AvgIpc) is 2.56. The molecule has 0 atom stereocenters. The molecule has 1 aromatic heterocycles. The third kappa shape index (κ3) is 1.62. The summed E-state index contributed by atoms with van der Waals surface area (Å²) in [5.74, 6) is 0.802. The second-order valence-electron chi connectivity index (χ2n) is 3.57. The van der Waals surface area contributed by atoms with Gasteiger partial charge >= 0.3 is 0 Å². The predicted octanol–water partition coefficient (Wildman–Crippen LogP) is 2.64. The number of benzene rings is 1. The van der Waals surface area contributed by atoms with Crippen LogP contribution in [0.15, 0.2) is 22.6 Å². The summed E-state index contributed by atoms with van der Waals surface area (Å²) in [6, 6.07) is 4.68. The van der Waals surface area contributed by atoms with Crippen LogP contribution in [0.3, 0.4) is 0 Å². The summed E-state index contributed by atoms with van der Waals surface area (Å²) < 4.78 is 18.7. The lowest BCUT2D eigenvalue weighted by Crippen LogP contribution is -2.22. The van der Waals surface area contributed by atoms with Crippen LogP contribution in [0, 0.1) is 5.82 Å². The lowest BCUT2D eigenvalue weighted by molar-refractivity contribution is 0.500. The zero-order valence-corrected chi connectivity index (χ0v) is 8.86. The van der Waals surface area contributed by atoms with E-state index in [1.807, 2.05) is 0 Å². The van der Waals surface area contributed by atoms with E-state index in [4.69, 9.17) is 4.42 Å². The fourth-order valence-corrected chi connectivity index (χ4v) is 1.98. The molecule has 0 unspecified atom stereocenters. The van der Waals surface area contributed by atoms with Crippen molar-refractivity contribution < 1.29 is 8.81 Å². The van der Waals surface area contributed by atoms with Gasteiger partial charge in [-0.2, -0.15) is 0 Å². The highest BCUT2D eigenvalue weighted by Crippen LogP contribution is 2.28. The Bertz CT molecular complexity index is 495. The SMILES string of the molecule is Cl.Fc1ccc2oc3c(c2c1)CNCC3. The number of hydrogen-bond acceptors (Lipinski definition) is 2. The van der Waals surface area contributed by atoms with E-state index in [-0.39, 0.29) is 18.2 Å². The molecule has 2 nitrogen and oxygen atoms in total. The highest BCUT2D eigenvalue weighted by molar-refractivity contribution is 5.85. The zero-order valence-electron chi connectivity index (χ0n) is 8.05. The van der Waals surface area contributed by atoms with Gasteiger partial charge in [-0.05, 0) is 18.2 Å². The average molecular weight is 228 g/mol. The Morgan fingerprint density at radius 3 is 3.07 bits per heavy atom. The first-order chi connectivity index (χ1) is 6.84. The molecule has 0 fully saturated rings. The Morgan fingerprint density at radius 1 is 1.33 bits per heavy atom. The van der Waals surface area contributed by atoms with Gasteiger partial charge in [0.25, 0.3) is 0 Å². The van der Waals surface area contributed by atoms with Crippen LogP contribution in [0.1, 0.15) is 11.3 Å². The molecule has 1 aliphatic rings. The molecule has 0 spiro atoms. The van der Waals surface area contributed by atoms with Gasteiger partial charge in [0.15, 0.2) is 0 Å². The van der Waals surface area contributed by atoms with Gasteiger partial charge in [-0.25, -0.2) is 4.39 Å². The quantitative estimate of drug-likeness (QED) is 0.749. The van der Waals surface area contributed by atoms with E-state index in [0.29, 0.717) is 0 Å². The van der Waals surface area contributed by atoms with Crippen LogP contribution < -0.4 is 5.32 Å². The molecule has 1 aromatic carbocycles. The van der Waals surface area contributed by atoms with E-state index < -0.39 is 0 Å². The molecule has 1 aliphatic heterocycles. The van der Waals surface area contributed by atoms with Crippen molar-refractivity contribution >= 4 is 23.4 Å². The first-order valence-electron chi connectivity index (χ1n) is 4.75. The second kappa shape index (κ2) is 3.83. The lowest BCUT2D eigenvalue weighted by Gasteiger charge is -2.10. The molecule has 0 saturated heterocycles. The molecule has 0 radical (unpaired) electrons. The van der Waals surface area contributed by atoms with Crippen molar-refractivity contribution in [2.24, 2.45) is 0 Å². The van der Waals surface area contributed by atoms with E-state index in [2.05, 4.69) is 5.32 Å². The number of furan rings is 1. The Labute approximate surface area is 92.9 Å². The van der Waals surface area contributed by atoms with Gasteiger partial charge in [0, 0.05) is 30.5 Å². The largest absolute Gasteiger partial charge is 0.461 e. The number of nitrogens with one attached hydrogen (secondary N) is 1. The normalized spacial score (nSPS) is 14.7. The maximum atomic E-state index is 13.0. The molecular formula is C11H11ClFNO. The highest BCUT2D eigenvalue weighted by Gasteiger charge is 2.17. The zero-order chi connectivity index (χ0) is 9.54. The van der Waals surface area contributed by atoms with Gasteiger partial charge in [-0.1, -0.05) is 0 Å². The molecule has 2 heterocycles. The summed E-state index contributed by atoms with van der Waals surface area (Å²) in [7, 11) is 0. The van der Waals surface area contributed by atoms with Gasteiger partial charge < -0.3 is 9.73 Å². The van der Waals surface area contributed by atoms with E-state index >= 15 is 0 Å². The molecule has 0 saturated carbocycles. The first-order valence-corrected chi connectivity index (χ1v) is 4.75. The van der Waals surface area contributed by atoms with Crippen LogP contribution in [-0.4, -0.2) is 6.54 Å². The van der Waals surface area contributed by atoms with Crippen molar-refractivity contribution in [3.8, 4) is 0 Å². The summed E-state index contributed by atoms with van der Waals surface area (Å²) in [4.78, 5) is 0. The lowest BCUT2D eigenvalue weighted by atomic mass is 10.1. The monoisotopic (exact) mass is 227 g/mol. The van der Waals surface area contributed by atoms with Gasteiger partial charge in [-0.3, -0.25) is 0 Å². The van der Waals surface area contributed by atoms with Crippen molar-refractivity contribution in [3.63, 3.8) is 0 Å². The smallest absolute Gasteiger partial charge is 0.134 e. The molecule has 0 amide bonds. The standard InChI is InChI=1S/C11H10FNO.ClH/c12-7-1-2-10-8(5-7)9-6-13-4-3-11(9)14-10;/h1-2,5,13H,3-4,6H2;1H. The van der Waals surface area contributed by atoms with Gasteiger partial charge in [0.2, 0.25) is 0 Å². The van der Waals surface area contributed by atoms with Crippen molar-refractivity contribution in [1.29, 1.82) is 0 Å². The molecule has 0 aliphatic carbocycles. The molecule has 3 rings (SSSR count). The topological polar surface area (TPSA) is 25.2 Å². The summed E-state index contributed by atoms with van der Waals surface area (Å²) in [5, 5.41) is 4.17. The summed E-state index contributed by atoms with van der Waals surface area (Å²) in [6.45, 7) is 1.72. The maximum absolute atomic E-state index is 13.0. The number of rotatable bonds is 0. The third-order valence-corrected chi connectivity index (χ3v) is 2.67. The number of fused-ring (bicyclic) bond motifs is 3. The van der Waals surface area contributed by atoms with E-state index in [9.17, 15) is 4.39 Å². The van der Waals surface area contributed by atoms with E-state index in [0.717, 1.165) is 41.8 Å². The van der Waals surface area contributed by atoms with Crippen LogP contribution in [0.2, 0.25) is 0 Å². The predicted molar refractivity (Wildman–Crippen MR) is 58.8 cm³/mol. The van der Waals surface area contributed by atoms with Crippen molar-refractivity contribution in [3.05, 3.63) is 35.3 Å². The van der Waals surface area contributed by atoms with Crippen LogP contribution in [0.4, 0.5) is 4.39 Å². The van der Waals surface area contributed by atoms with Gasteiger partial charge in [0.1, 0.15) is 17.2 Å². The van der Waals surface area contributed by atoms with Crippen LogP contribution in [0.25, 0.3) is 11.0 Å². The minimum Gasteiger partial charge on any atom is -0.461 e. The minimum absolute atomic E-state index is 0. The summed E-state index contributed by atoms with van der Waals surface area (Å²) >= 11 is 0. The Balaban J connectivity index is 0.000000853. The Kier molecular flexibility index (Phi) is 2.67. The van der Waals surface area contributed by atoms with Gasteiger partial charge in [-0.15, -0.1) is 12.4 Å². The highest BCUT2D eigenvalue weighted by atomic mass is 35.5. The van der Waals surface area contributed by atoms with Crippen LogP contribution >= 0.6 is 12.4 Å². The second-order valence-corrected chi connectivity index (χ2v) is 3.57. The number of halogens is 2. The number of hydrogen-bond donors (Lipinski definition) is 1. The van der Waals surface area contributed by atoms with E-state index in [1.54, 1.807) is 12.1 Å². The van der Waals surface area contributed by atoms with E-state index in [1.165, 1.54) is 6.07 Å².